The maximum absolute atomic E-state index is 13.6. The Morgan fingerprint density at radius 2 is 2.33 bits per heavy atom. The van der Waals surface area contributed by atoms with E-state index >= 15 is 0 Å². The molecule has 4 nitrogen and oxygen atoms in total. The molecule has 0 aliphatic rings. The van der Waals surface area contributed by atoms with Crippen LogP contribution in [0.5, 0.6) is 5.75 Å². The van der Waals surface area contributed by atoms with Gasteiger partial charge in [-0.15, -0.1) is 11.3 Å². The largest absolute Gasteiger partial charge is 0.490 e. The van der Waals surface area contributed by atoms with Gasteiger partial charge in [0.2, 0.25) is 5.13 Å². The maximum Gasteiger partial charge on any atom is 0.203 e. The number of thiazole rings is 1. The van der Waals surface area contributed by atoms with E-state index in [1.165, 1.54) is 17.4 Å². The van der Waals surface area contributed by atoms with Gasteiger partial charge in [-0.1, -0.05) is 19.4 Å². The van der Waals surface area contributed by atoms with Crippen LogP contribution in [0.3, 0.4) is 0 Å². The second-order valence-electron chi connectivity index (χ2n) is 4.56. The predicted octanol–water partition coefficient (Wildman–Crippen LogP) is 4.22. The van der Waals surface area contributed by atoms with Gasteiger partial charge in [0.05, 0.1) is 18.5 Å². The van der Waals surface area contributed by atoms with Gasteiger partial charge in [0.1, 0.15) is 0 Å². The van der Waals surface area contributed by atoms with Gasteiger partial charge in [-0.05, 0) is 31.0 Å². The summed E-state index contributed by atoms with van der Waals surface area (Å²) < 4.78 is 19.0. The highest BCUT2D eigenvalue weighted by molar-refractivity contribution is 7.13. The zero-order chi connectivity index (χ0) is 15.1. The standard InChI is InChI=1S/C15H18FN3OS/c1-3-4-7-20-14-8-12(5-6-13(14)16)9-17-19-15-18-11(2)10-21-15/h5-6,8-10H,3-4,7H2,1-2H3,(H,18,19). The second kappa shape index (κ2) is 7.73. The lowest BCUT2D eigenvalue weighted by Gasteiger charge is -2.07. The summed E-state index contributed by atoms with van der Waals surface area (Å²) in [6.07, 6.45) is 3.53. The Morgan fingerprint density at radius 1 is 1.48 bits per heavy atom. The number of benzene rings is 1. The van der Waals surface area contributed by atoms with Gasteiger partial charge in [0, 0.05) is 5.38 Å². The number of hydrogen-bond acceptors (Lipinski definition) is 5. The van der Waals surface area contributed by atoms with Crippen molar-refractivity contribution in [2.24, 2.45) is 5.10 Å². The first-order chi connectivity index (χ1) is 10.2. The van der Waals surface area contributed by atoms with E-state index in [-0.39, 0.29) is 11.6 Å². The number of unbranched alkanes of at least 4 members (excludes halogenated alkanes) is 1. The molecule has 1 aromatic carbocycles. The average Bonchev–Trinajstić information content (AvgIpc) is 2.88. The zero-order valence-electron chi connectivity index (χ0n) is 12.1. The molecule has 0 aliphatic heterocycles. The van der Waals surface area contributed by atoms with E-state index < -0.39 is 0 Å². The fourth-order valence-electron chi connectivity index (χ4n) is 1.60. The third kappa shape index (κ3) is 4.82. The van der Waals surface area contributed by atoms with Crippen molar-refractivity contribution in [1.29, 1.82) is 0 Å². The summed E-state index contributed by atoms with van der Waals surface area (Å²) in [4.78, 5) is 4.23. The van der Waals surface area contributed by atoms with Gasteiger partial charge in [-0.25, -0.2) is 9.37 Å². The minimum atomic E-state index is -0.355. The van der Waals surface area contributed by atoms with Crippen LogP contribution >= 0.6 is 11.3 Å². The fraction of sp³-hybridized carbons (Fsp3) is 0.333. The topological polar surface area (TPSA) is 46.5 Å². The lowest BCUT2D eigenvalue weighted by atomic mass is 10.2. The minimum Gasteiger partial charge on any atom is -0.490 e. The van der Waals surface area contributed by atoms with Crippen molar-refractivity contribution in [2.45, 2.75) is 26.7 Å². The number of aryl methyl sites for hydroxylation is 1. The first-order valence-electron chi connectivity index (χ1n) is 6.82. The molecule has 0 amide bonds. The van der Waals surface area contributed by atoms with E-state index in [2.05, 4.69) is 22.4 Å². The van der Waals surface area contributed by atoms with E-state index in [4.69, 9.17) is 4.74 Å². The Balaban J connectivity index is 1.97. The van der Waals surface area contributed by atoms with Crippen LogP contribution in [0.4, 0.5) is 9.52 Å². The van der Waals surface area contributed by atoms with Crippen molar-refractivity contribution in [3.8, 4) is 5.75 Å². The third-order valence-electron chi connectivity index (χ3n) is 2.70. The molecular formula is C15H18FN3OS. The maximum atomic E-state index is 13.6. The molecule has 112 valence electrons. The van der Waals surface area contributed by atoms with Gasteiger partial charge in [0.15, 0.2) is 11.6 Å². The Kier molecular flexibility index (Phi) is 5.68. The van der Waals surface area contributed by atoms with Gasteiger partial charge < -0.3 is 4.74 Å². The molecular weight excluding hydrogens is 289 g/mol. The van der Waals surface area contributed by atoms with Crippen molar-refractivity contribution in [3.05, 3.63) is 40.7 Å². The van der Waals surface area contributed by atoms with Crippen molar-refractivity contribution < 1.29 is 9.13 Å². The highest BCUT2D eigenvalue weighted by Gasteiger charge is 2.04. The molecule has 21 heavy (non-hydrogen) atoms. The van der Waals surface area contributed by atoms with E-state index in [0.717, 1.165) is 29.2 Å². The number of nitrogens with one attached hydrogen (secondary N) is 1. The number of anilines is 1. The SMILES string of the molecule is CCCCOc1cc(C=NNc2nc(C)cs2)ccc1F. The quantitative estimate of drug-likeness (QED) is 0.473. The highest BCUT2D eigenvalue weighted by Crippen LogP contribution is 2.19. The van der Waals surface area contributed by atoms with E-state index in [9.17, 15) is 4.39 Å². The first kappa shape index (κ1) is 15.4. The Hall–Kier alpha value is -1.95. The highest BCUT2D eigenvalue weighted by atomic mass is 32.1. The summed E-state index contributed by atoms with van der Waals surface area (Å²) in [6, 6.07) is 4.68. The molecule has 2 rings (SSSR count). The number of hydrazone groups is 1. The molecule has 0 spiro atoms. The Morgan fingerprint density at radius 3 is 3.05 bits per heavy atom. The van der Waals surface area contributed by atoms with Crippen LogP contribution in [-0.4, -0.2) is 17.8 Å². The van der Waals surface area contributed by atoms with E-state index in [1.54, 1.807) is 18.3 Å². The summed E-state index contributed by atoms with van der Waals surface area (Å²) in [5.74, 6) is -0.0933. The van der Waals surface area contributed by atoms with Crippen LogP contribution in [0.15, 0.2) is 28.7 Å². The summed E-state index contributed by atoms with van der Waals surface area (Å²) >= 11 is 1.48. The number of rotatable bonds is 7. The summed E-state index contributed by atoms with van der Waals surface area (Å²) in [5.41, 5.74) is 4.56. The van der Waals surface area contributed by atoms with Crippen LogP contribution in [-0.2, 0) is 0 Å². The fourth-order valence-corrected chi connectivity index (χ4v) is 2.24. The van der Waals surface area contributed by atoms with Gasteiger partial charge >= 0.3 is 0 Å². The van der Waals surface area contributed by atoms with Crippen LogP contribution in [0.2, 0.25) is 0 Å². The number of halogens is 1. The molecule has 2 aromatic rings. The predicted molar refractivity (Wildman–Crippen MR) is 84.9 cm³/mol. The van der Waals surface area contributed by atoms with Crippen LogP contribution < -0.4 is 10.2 Å². The molecule has 0 bridgehead atoms. The van der Waals surface area contributed by atoms with Crippen LogP contribution in [0.1, 0.15) is 31.0 Å². The molecule has 6 heteroatoms. The van der Waals surface area contributed by atoms with Crippen LogP contribution in [0, 0.1) is 12.7 Å². The van der Waals surface area contributed by atoms with Gasteiger partial charge in [-0.3, -0.25) is 5.43 Å². The first-order valence-corrected chi connectivity index (χ1v) is 7.70. The van der Waals surface area contributed by atoms with Crippen molar-refractivity contribution in [2.75, 3.05) is 12.0 Å². The lowest BCUT2D eigenvalue weighted by molar-refractivity contribution is 0.294. The molecule has 1 heterocycles. The van der Waals surface area contributed by atoms with Crippen LogP contribution in [0.25, 0.3) is 0 Å². The van der Waals surface area contributed by atoms with Crippen molar-refractivity contribution in [1.82, 2.24) is 4.98 Å². The molecule has 0 unspecified atom stereocenters. The van der Waals surface area contributed by atoms with Gasteiger partial charge in [0.25, 0.3) is 0 Å². The summed E-state index contributed by atoms with van der Waals surface area (Å²) in [7, 11) is 0. The molecule has 1 N–H and O–H groups in total. The Bertz CT molecular complexity index is 613. The van der Waals surface area contributed by atoms with Gasteiger partial charge in [-0.2, -0.15) is 5.10 Å². The molecule has 0 aliphatic carbocycles. The number of nitrogens with zero attached hydrogens (tertiary/aromatic N) is 2. The second-order valence-corrected chi connectivity index (χ2v) is 5.41. The Labute approximate surface area is 127 Å². The monoisotopic (exact) mass is 307 g/mol. The number of aromatic nitrogens is 1. The number of ether oxygens (including phenoxy) is 1. The summed E-state index contributed by atoms with van der Waals surface area (Å²) in [6.45, 7) is 4.50. The molecule has 0 saturated carbocycles. The smallest absolute Gasteiger partial charge is 0.203 e. The number of hydrogen-bond donors (Lipinski definition) is 1. The molecule has 0 fully saturated rings. The molecule has 0 atom stereocenters. The molecule has 0 radical (unpaired) electrons. The zero-order valence-corrected chi connectivity index (χ0v) is 12.9. The molecule has 1 aromatic heterocycles. The van der Waals surface area contributed by atoms with E-state index in [0.29, 0.717) is 6.61 Å². The van der Waals surface area contributed by atoms with E-state index in [1.807, 2.05) is 12.3 Å². The molecule has 0 saturated heterocycles. The van der Waals surface area contributed by atoms with Crippen molar-refractivity contribution >= 4 is 22.7 Å². The minimum absolute atomic E-state index is 0.262. The normalized spacial score (nSPS) is 11.0. The van der Waals surface area contributed by atoms with Crippen molar-refractivity contribution in [3.63, 3.8) is 0 Å². The average molecular weight is 307 g/mol. The third-order valence-corrected chi connectivity index (χ3v) is 3.57. The lowest BCUT2D eigenvalue weighted by Crippen LogP contribution is -1.99. The summed E-state index contributed by atoms with van der Waals surface area (Å²) in [5, 5.41) is 6.75.